The van der Waals surface area contributed by atoms with Crippen LogP contribution in [-0.4, -0.2) is 16.7 Å². The molecule has 0 saturated carbocycles. The molecule has 0 aliphatic heterocycles. The maximum atomic E-state index is 12.1. The molecular formula is C22H23N3O2. The third kappa shape index (κ3) is 5.29. The number of allylic oxidation sites excluding steroid dienone is 2. The van der Waals surface area contributed by atoms with Crippen LogP contribution in [0.3, 0.4) is 0 Å². The highest BCUT2D eigenvalue weighted by molar-refractivity contribution is 6.20. The molecule has 1 aromatic heterocycles. The topological polar surface area (TPSA) is 85.1 Å². The van der Waals surface area contributed by atoms with E-state index in [0.29, 0.717) is 28.3 Å². The van der Waals surface area contributed by atoms with Gasteiger partial charge in [-0.15, -0.1) is 0 Å². The predicted octanol–water partition coefficient (Wildman–Crippen LogP) is 3.35. The number of hydrogen-bond donors (Lipinski definition) is 2. The summed E-state index contributed by atoms with van der Waals surface area (Å²) in [5.74, 6) is 5.94. The monoisotopic (exact) mass is 361 g/mol. The largest absolute Gasteiger partial charge is 0.402 e. The lowest BCUT2D eigenvalue weighted by atomic mass is 9.99. The molecule has 2 aromatic rings. The summed E-state index contributed by atoms with van der Waals surface area (Å²) in [5.41, 5.74) is 8.44. The number of benzene rings is 1. The van der Waals surface area contributed by atoms with Crippen LogP contribution in [0.5, 0.6) is 0 Å². The number of rotatable bonds is 4. The van der Waals surface area contributed by atoms with Crippen molar-refractivity contribution in [1.82, 2.24) is 4.98 Å². The van der Waals surface area contributed by atoms with Gasteiger partial charge in [-0.2, -0.15) is 0 Å². The maximum absolute atomic E-state index is 12.1. The lowest BCUT2D eigenvalue weighted by Gasteiger charge is -2.12. The van der Waals surface area contributed by atoms with Gasteiger partial charge in [0.05, 0.1) is 0 Å². The lowest BCUT2D eigenvalue weighted by molar-refractivity contribution is -0.119. The number of nitrogens with two attached hydrogens (primary N) is 1. The first-order valence-corrected chi connectivity index (χ1v) is 8.66. The van der Waals surface area contributed by atoms with Crippen LogP contribution in [0.4, 0.5) is 5.82 Å². The molecule has 0 aliphatic rings. The standard InChI is InChI=1S/C22H23N3O2/c1-14(2)22(27)25-20-13-11-18(21(15(3)23)16(4)26)19(24-20)12-10-17-8-6-5-7-9-17/h5-9,11,13-14H,23H2,1-4H3,(H,24,25,27)/b21-15+. The van der Waals surface area contributed by atoms with Gasteiger partial charge in [-0.05, 0) is 44.0 Å². The van der Waals surface area contributed by atoms with E-state index < -0.39 is 0 Å². The van der Waals surface area contributed by atoms with Crippen LogP contribution in [-0.2, 0) is 9.59 Å². The first kappa shape index (κ1) is 19.9. The first-order valence-electron chi connectivity index (χ1n) is 8.66. The zero-order valence-corrected chi connectivity index (χ0v) is 16.0. The van der Waals surface area contributed by atoms with Gasteiger partial charge in [0.15, 0.2) is 5.78 Å². The van der Waals surface area contributed by atoms with Gasteiger partial charge >= 0.3 is 0 Å². The minimum Gasteiger partial charge on any atom is -0.402 e. The number of nitrogens with one attached hydrogen (secondary N) is 1. The van der Waals surface area contributed by atoms with E-state index in [1.807, 2.05) is 30.3 Å². The smallest absolute Gasteiger partial charge is 0.228 e. The number of pyridine rings is 1. The van der Waals surface area contributed by atoms with E-state index >= 15 is 0 Å². The Morgan fingerprint density at radius 3 is 2.26 bits per heavy atom. The molecule has 0 atom stereocenters. The number of Topliss-reactive ketones (excluding diaryl/α,β-unsaturated/α-hetero) is 1. The highest BCUT2D eigenvalue weighted by Gasteiger charge is 2.16. The molecule has 0 fully saturated rings. The third-order valence-electron chi connectivity index (χ3n) is 3.79. The highest BCUT2D eigenvalue weighted by Crippen LogP contribution is 2.22. The SMILES string of the molecule is CC(=O)/C(=C(/C)N)c1ccc(NC(=O)C(C)C)nc1C#Cc1ccccc1. The summed E-state index contributed by atoms with van der Waals surface area (Å²) in [6.45, 7) is 6.72. The molecule has 0 unspecified atom stereocenters. The minimum absolute atomic E-state index is 0.144. The summed E-state index contributed by atoms with van der Waals surface area (Å²) in [6.07, 6.45) is 0. The second kappa shape index (κ2) is 8.81. The molecule has 0 bridgehead atoms. The molecule has 0 saturated heterocycles. The van der Waals surface area contributed by atoms with Crippen LogP contribution >= 0.6 is 0 Å². The van der Waals surface area contributed by atoms with E-state index in [1.165, 1.54) is 6.92 Å². The number of carbonyl (C=O) groups is 2. The number of nitrogens with zero attached hydrogens (tertiary/aromatic N) is 1. The van der Waals surface area contributed by atoms with E-state index in [1.54, 1.807) is 32.9 Å². The Kier molecular flexibility index (Phi) is 6.51. The number of aromatic nitrogens is 1. The van der Waals surface area contributed by atoms with Crippen molar-refractivity contribution < 1.29 is 9.59 Å². The van der Waals surface area contributed by atoms with Gasteiger partial charge in [0.2, 0.25) is 5.91 Å². The van der Waals surface area contributed by atoms with Gasteiger partial charge in [-0.25, -0.2) is 4.98 Å². The van der Waals surface area contributed by atoms with Crippen LogP contribution < -0.4 is 11.1 Å². The normalized spacial score (nSPS) is 11.3. The van der Waals surface area contributed by atoms with Crippen molar-refractivity contribution in [3.63, 3.8) is 0 Å². The Labute approximate surface area is 159 Å². The van der Waals surface area contributed by atoms with Gasteiger partial charge in [-0.1, -0.05) is 38.0 Å². The molecule has 2 rings (SSSR count). The summed E-state index contributed by atoms with van der Waals surface area (Å²) in [5, 5.41) is 2.75. The second-order valence-corrected chi connectivity index (χ2v) is 6.47. The first-order chi connectivity index (χ1) is 12.8. The third-order valence-corrected chi connectivity index (χ3v) is 3.79. The fraction of sp³-hybridized carbons (Fsp3) is 0.227. The van der Waals surface area contributed by atoms with Crippen molar-refractivity contribution in [2.75, 3.05) is 5.32 Å². The molecule has 0 spiro atoms. The molecular weight excluding hydrogens is 338 g/mol. The molecule has 0 radical (unpaired) electrons. The number of hydrogen-bond acceptors (Lipinski definition) is 4. The summed E-state index contributed by atoms with van der Waals surface area (Å²) in [6, 6.07) is 12.8. The summed E-state index contributed by atoms with van der Waals surface area (Å²) in [4.78, 5) is 28.5. The Morgan fingerprint density at radius 1 is 1.04 bits per heavy atom. The molecule has 3 N–H and O–H groups in total. The summed E-state index contributed by atoms with van der Waals surface area (Å²) in [7, 11) is 0. The second-order valence-electron chi connectivity index (χ2n) is 6.47. The number of ketones is 1. The van der Waals surface area contributed by atoms with Gasteiger partial charge in [-0.3, -0.25) is 9.59 Å². The van der Waals surface area contributed by atoms with Crippen molar-refractivity contribution in [3.05, 3.63) is 65.0 Å². The molecule has 1 heterocycles. The maximum Gasteiger partial charge on any atom is 0.228 e. The summed E-state index contributed by atoms with van der Waals surface area (Å²) < 4.78 is 0. The lowest BCUT2D eigenvalue weighted by Crippen LogP contribution is -2.19. The summed E-state index contributed by atoms with van der Waals surface area (Å²) >= 11 is 0. The fourth-order valence-electron chi connectivity index (χ4n) is 2.43. The Hall–Kier alpha value is -3.39. The van der Waals surface area contributed by atoms with Crippen LogP contribution in [0.2, 0.25) is 0 Å². The van der Waals surface area contributed by atoms with Crippen LogP contribution in [0.15, 0.2) is 48.2 Å². The zero-order valence-electron chi connectivity index (χ0n) is 16.0. The molecule has 1 amide bonds. The quantitative estimate of drug-likeness (QED) is 0.646. The van der Waals surface area contributed by atoms with E-state index in [-0.39, 0.29) is 17.6 Å². The molecule has 1 aromatic carbocycles. The fourth-order valence-corrected chi connectivity index (χ4v) is 2.43. The van der Waals surface area contributed by atoms with E-state index in [9.17, 15) is 9.59 Å². The van der Waals surface area contributed by atoms with Crippen LogP contribution in [0.1, 0.15) is 44.5 Å². The van der Waals surface area contributed by atoms with Crippen LogP contribution in [0.25, 0.3) is 5.57 Å². The van der Waals surface area contributed by atoms with Crippen molar-refractivity contribution >= 4 is 23.1 Å². The molecule has 5 heteroatoms. The predicted molar refractivity (Wildman–Crippen MR) is 108 cm³/mol. The number of anilines is 1. The van der Waals surface area contributed by atoms with Crippen molar-refractivity contribution in [3.8, 4) is 11.8 Å². The average molecular weight is 361 g/mol. The van der Waals surface area contributed by atoms with E-state index in [0.717, 1.165) is 5.56 Å². The molecule has 5 nitrogen and oxygen atoms in total. The zero-order chi connectivity index (χ0) is 20.0. The Bertz CT molecular complexity index is 945. The average Bonchev–Trinajstić information content (AvgIpc) is 2.61. The van der Waals surface area contributed by atoms with Crippen molar-refractivity contribution in [2.24, 2.45) is 11.7 Å². The van der Waals surface area contributed by atoms with Gasteiger partial charge in [0, 0.05) is 28.3 Å². The number of carbonyl (C=O) groups excluding carboxylic acids is 2. The van der Waals surface area contributed by atoms with Gasteiger partial charge in [0.1, 0.15) is 11.5 Å². The van der Waals surface area contributed by atoms with Gasteiger partial charge < -0.3 is 11.1 Å². The highest BCUT2D eigenvalue weighted by atomic mass is 16.2. The Morgan fingerprint density at radius 2 is 1.70 bits per heavy atom. The van der Waals surface area contributed by atoms with Gasteiger partial charge in [0.25, 0.3) is 0 Å². The van der Waals surface area contributed by atoms with E-state index in [2.05, 4.69) is 22.1 Å². The van der Waals surface area contributed by atoms with Crippen LogP contribution in [0, 0.1) is 17.8 Å². The minimum atomic E-state index is -0.177. The molecule has 0 aliphatic carbocycles. The molecule has 138 valence electrons. The molecule has 27 heavy (non-hydrogen) atoms. The van der Waals surface area contributed by atoms with Crippen molar-refractivity contribution in [2.45, 2.75) is 27.7 Å². The van der Waals surface area contributed by atoms with E-state index in [4.69, 9.17) is 5.73 Å². The number of amides is 1. The Balaban J connectivity index is 2.57. The van der Waals surface area contributed by atoms with Crippen molar-refractivity contribution in [1.29, 1.82) is 0 Å².